The van der Waals surface area contributed by atoms with E-state index in [9.17, 15) is 14.7 Å². The summed E-state index contributed by atoms with van der Waals surface area (Å²) in [5.74, 6) is -1.37. The van der Waals surface area contributed by atoms with Crippen molar-refractivity contribution in [3.63, 3.8) is 0 Å². The fourth-order valence-corrected chi connectivity index (χ4v) is 2.26. The fourth-order valence-electron chi connectivity index (χ4n) is 2.26. The number of carboxylic acid groups (broad SMARTS) is 1. The molecule has 1 atom stereocenters. The van der Waals surface area contributed by atoms with Crippen LogP contribution in [0.4, 0.5) is 0 Å². The van der Waals surface area contributed by atoms with Crippen molar-refractivity contribution in [1.29, 1.82) is 0 Å². The van der Waals surface area contributed by atoms with E-state index in [2.05, 4.69) is 5.10 Å². The van der Waals surface area contributed by atoms with E-state index < -0.39 is 12.0 Å². The van der Waals surface area contributed by atoms with Crippen LogP contribution in [-0.2, 0) is 18.4 Å². The van der Waals surface area contributed by atoms with E-state index in [1.54, 1.807) is 24.9 Å². The first-order valence-electron chi connectivity index (χ1n) is 6.98. The van der Waals surface area contributed by atoms with E-state index in [0.29, 0.717) is 11.3 Å². The van der Waals surface area contributed by atoms with Gasteiger partial charge in [0.1, 0.15) is 6.04 Å². The zero-order valence-corrected chi connectivity index (χ0v) is 12.9. The smallest absolute Gasteiger partial charge is 0.326 e. The highest BCUT2D eigenvalue weighted by Crippen LogP contribution is 2.15. The summed E-state index contributed by atoms with van der Waals surface area (Å²) in [6, 6.07) is 8.40. The van der Waals surface area contributed by atoms with Gasteiger partial charge in [0, 0.05) is 19.8 Å². The van der Waals surface area contributed by atoms with Crippen LogP contribution in [-0.4, -0.2) is 37.7 Å². The number of amides is 1. The average Bonchev–Trinajstić information content (AvgIpc) is 2.83. The van der Waals surface area contributed by atoms with Crippen molar-refractivity contribution in [2.45, 2.75) is 26.4 Å². The van der Waals surface area contributed by atoms with Crippen molar-refractivity contribution in [1.82, 2.24) is 14.7 Å². The predicted octanol–water partition coefficient (Wildman–Crippen LogP) is 1.84. The monoisotopic (exact) mass is 301 g/mol. The van der Waals surface area contributed by atoms with E-state index in [-0.39, 0.29) is 12.5 Å². The summed E-state index contributed by atoms with van der Waals surface area (Å²) in [4.78, 5) is 25.4. The van der Waals surface area contributed by atoms with Crippen molar-refractivity contribution >= 4 is 11.9 Å². The Bertz CT molecular complexity index is 679. The lowest BCUT2D eigenvalue weighted by molar-refractivity contribution is -0.141. The molecule has 1 N–H and O–H groups in total. The van der Waals surface area contributed by atoms with Gasteiger partial charge in [0.05, 0.1) is 11.3 Å². The molecule has 1 amide bonds. The zero-order chi connectivity index (χ0) is 16.3. The molecule has 6 heteroatoms. The second kappa shape index (κ2) is 6.43. The lowest BCUT2D eigenvalue weighted by atomic mass is 10.1. The van der Waals surface area contributed by atoms with Crippen LogP contribution in [0, 0.1) is 6.92 Å². The van der Waals surface area contributed by atoms with Gasteiger partial charge >= 0.3 is 5.97 Å². The number of benzene rings is 1. The highest BCUT2D eigenvalue weighted by atomic mass is 16.4. The molecule has 1 unspecified atom stereocenters. The van der Waals surface area contributed by atoms with Gasteiger partial charge in [-0.25, -0.2) is 4.79 Å². The Kier molecular flexibility index (Phi) is 4.60. The summed E-state index contributed by atoms with van der Waals surface area (Å²) in [7, 11) is 1.73. The molecule has 0 saturated heterocycles. The lowest BCUT2D eigenvalue weighted by Gasteiger charge is -2.26. The second-order valence-corrected chi connectivity index (χ2v) is 5.23. The van der Waals surface area contributed by atoms with Gasteiger partial charge in [-0.05, 0) is 19.4 Å². The summed E-state index contributed by atoms with van der Waals surface area (Å²) in [6.45, 7) is 3.48. The Morgan fingerprint density at radius 1 is 1.32 bits per heavy atom. The molecular weight excluding hydrogens is 282 g/mol. The van der Waals surface area contributed by atoms with E-state index in [1.165, 1.54) is 11.8 Å². The van der Waals surface area contributed by atoms with Crippen LogP contribution < -0.4 is 0 Å². The molecule has 2 aromatic rings. The number of rotatable bonds is 5. The van der Waals surface area contributed by atoms with Gasteiger partial charge in [-0.2, -0.15) is 5.10 Å². The minimum absolute atomic E-state index is 0.238. The van der Waals surface area contributed by atoms with Crippen LogP contribution in [0.15, 0.2) is 36.5 Å². The summed E-state index contributed by atoms with van der Waals surface area (Å²) >= 11 is 0. The highest BCUT2D eigenvalue weighted by Gasteiger charge is 2.28. The summed E-state index contributed by atoms with van der Waals surface area (Å²) < 4.78 is 1.55. The minimum atomic E-state index is -1.04. The first-order chi connectivity index (χ1) is 10.4. The van der Waals surface area contributed by atoms with Gasteiger partial charge in [0.25, 0.3) is 5.91 Å². The van der Waals surface area contributed by atoms with Crippen molar-refractivity contribution in [3.05, 3.63) is 53.3 Å². The molecule has 1 heterocycles. The Morgan fingerprint density at radius 2 is 1.95 bits per heavy atom. The van der Waals surface area contributed by atoms with Crippen molar-refractivity contribution in [2.24, 2.45) is 7.05 Å². The van der Waals surface area contributed by atoms with Gasteiger partial charge in [-0.15, -0.1) is 0 Å². The lowest BCUT2D eigenvalue weighted by Crippen LogP contribution is -2.42. The Morgan fingerprint density at radius 3 is 2.45 bits per heavy atom. The number of carbonyl (C=O) groups excluding carboxylic acids is 1. The number of aliphatic carboxylic acids is 1. The fraction of sp³-hybridized carbons (Fsp3) is 0.312. The molecule has 0 fully saturated rings. The summed E-state index contributed by atoms with van der Waals surface area (Å²) in [5.41, 5.74) is 1.89. The first-order valence-corrected chi connectivity index (χ1v) is 6.98. The molecule has 22 heavy (non-hydrogen) atoms. The SMILES string of the molecule is Cc1nn(C)cc1C(=O)N(Cc1ccccc1)C(C)C(=O)O. The quantitative estimate of drug-likeness (QED) is 0.914. The average molecular weight is 301 g/mol. The minimum Gasteiger partial charge on any atom is -0.480 e. The Hall–Kier alpha value is -2.63. The van der Waals surface area contributed by atoms with Gasteiger partial charge in [-0.3, -0.25) is 9.48 Å². The van der Waals surface area contributed by atoms with E-state index in [1.807, 2.05) is 30.3 Å². The largest absolute Gasteiger partial charge is 0.480 e. The maximum Gasteiger partial charge on any atom is 0.326 e. The molecule has 0 radical (unpaired) electrons. The van der Waals surface area contributed by atoms with Crippen LogP contribution in [0.1, 0.15) is 28.5 Å². The molecule has 6 nitrogen and oxygen atoms in total. The van der Waals surface area contributed by atoms with E-state index in [0.717, 1.165) is 5.56 Å². The van der Waals surface area contributed by atoms with Gasteiger partial charge < -0.3 is 10.0 Å². The Labute approximate surface area is 129 Å². The number of nitrogens with zero attached hydrogens (tertiary/aromatic N) is 3. The Balaban J connectivity index is 2.33. The number of aryl methyl sites for hydroxylation is 2. The standard InChI is InChI=1S/C16H19N3O3/c1-11-14(10-18(3)17-11)15(20)19(12(2)16(21)22)9-13-7-5-4-6-8-13/h4-8,10,12H,9H2,1-3H3,(H,21,22). The number of carbonyl (C=O) groups is 2. The molecular formula is C16H19N3O3. The van der Waals surface area contributed by atoms with Crippen LogP contribution in [0.3, 0.4) is 0 Å². The van der Waals surface area contributed by atoms with Gasteiger partial charge in [0.15, 0.2) is 0 Å². The maximum absolute atomic E-state index is 12.7. The molecule has 1 aromatic carbocycles. The number of aromatic nitrogens is 2. The maximum atomic E-state index is 12.7. The second-order valence-electron chi connectivity index (χ2n) is 5.23. The van der Waals surface area contributed by atoms with Crippen LogP contribution >= 0.6 is 0 Å². The number of carboxylic acids is 1. The summed E-state index contributed by atoms with van der Waals surface area (Å²) in [6.07, 6.45) is 1.62. The third kappa shape index (κ3) is 3.33. The highest BCUT2D eigenvalue weighted by molar-refractivity contribution is 5.97. The molecule has 116 valence electrons. The normalized spacial score (nSPS) is 12.0. The summed E-state index contributed by atoms with van der Waals surface area (Å²) in [5, 5.41) is 13.4. The molecule has 0 aliphatic heterocycles. The molecule has 1 aromatic heterocycles. The van der Waals surface area contributed by atoms with Gasteiger partial charge in [0.2, 0.25) is 0 Å². The number of hydrogen-bond acceptors (Lipinski definition) is 3. The molecule has 0 aliphatic carbocycles. The van der Waals surface area contributed by atoms with Crippen LogP contribution in [0.25, 0.3) is 0 Å². The van der Waals surface area contributed by atoms with Crippen molar-refractivity contribution in [2.75, 3.05) is 0 Å². The van der Waals surface area contributed by atoms with E-state index in [4.69, 9.17) is 0 Å². The third-order valence-corrected chi connectivity index (χ3v) is 3.53. The molecule has 0 spiro atoms. The van der Waals surface area contributed by atoms with Crippen LogP contribution in [0.2, 0.25) is 0 Å². The van der Waals surface area contributed by atoms with E-state index >= 15 is 0 Å². The molecule has 2 rings (SSSR count). The van der Waals surface area contributed by atoms with Crippen molar-refractivity contribution < 1.29 is 14.7 Å². The van der Waals surface area contributed by atoms with Gasteiger partial charge in [-0.1, -0.05) is 30.3 Å². The molecule has 0 saturated carbocycles. The zero-order valence-electron chi connectivity index (χ0n) is 12.9. The molecule has 0 bridgehead atoms. The number of hydrogen-bond donors (Lipinski definition) is 1. The van der Waals surface area contributed by atoms with Crippen LogP contribution in [0.5, 0.6) is 0 Å². The predicted molar refractivity (Wildman–Crippen MR) is 81.4 cm³/mol. The topological polar surface area (TPSA) is 75.4 Å². The van der Waals surface area contributed by atoms with Crippen molar-refractivity contribution in [3.8, 4) is 0 Å². The third-order valence-electron chi connectivity index (χ3n) is 3.53. The first kappa shape index (κ1) is 15.8. The molecule has 0 aliphatic rings.